The second kappa shape index (κ2) is 6.49. The lowest BCUT2D eigenvalue weighted by atomic mass is 9.80. The molecule has 128 valence electrons. The number of aromatic nitrogens is 2. The largest absolute Gasteiger partial charge is 0.339 e. The lowest BCUT2D eigenvalue weighted by molar-refractivity contribution is 0.203. The zero-order valence-electron chi connectivity index (χ0n) is 14.5. The Bertz CT molecular complexity index is 557. The minimum atomic E-state index is -0.0950. The maximum atomic E-state index is 12.3. The molecule has 0 spiro atoms. The van der Waals surface area contributed by atoms with Gasteiger partial charge < -0.3 is 14.7 Å². The van der Waals surface area contributed by atoms with E-state index in [1.54, 1.807) is 0 Å². The summed E-state index contributed by atoms with van der Waals surface area (Å²) >= 11 is 0. The van der Waals surface area contributed by atoms with Gasteiger partial charge in [0.25, 0.3) is 0 Å². The predicted octanol–water partition coefficient (Wildman–Crippen LogP) is 2.74. The summed E-state index contributed by atoms with van der Waals surface area (Å²) in [6.45, 7) is 8.62. The van der Waals surface area contributed by atoms with Crippen LogP contribution >= 0.6 is 0 Å². The Morgan fingerprint density at radius 2 is 2.35 bits per heavy atom. The highest BCUT2D eigenvalue weighted by atomic mass is 16.5. The van der Waals surface area contributed by atoms with Crippen LogP contribution in [0.3, 0.4) is 0 Å². The van der Waals surface area contributed by atoms with Crippen molar-refractivity contribution in [1.29, 1.82) is 0 Å². The van der Waals surface area contributed by atoms with Crippen LogP contribution in [0.1, 0.15) is 58.2 Å². The molecule has 1 aliphatic heterocycles. The van der Waals surface area contributed by atoms with E-state index in [1.165, 1.54) is 6.42 Å². The van der Waals surface area contributed by atoms with E-state index in [1.807, 2.05) is 4.90 Å². The first-order valence-corrected chi connectivity index (χ1v) is 8.91. The molecule has 1 saturated carbocycles. The number of urea groups is 1. The van der Waals surface area contributed by atoms with E-state index in [9.17, 15) is 4.79 Å². The van der Waals surface area contributed by atoms with Gasteiger partial charge in [-0.05, 0) is 31.1 Å². The lowest BCUT2D eigenvalue weighted by Crippen LogP contribution is -2.41. The van der Waals surface area contributed by atoms with E-state index in [2.05, 4.69) is 36.2 Å². The molecule has 0 unspecified atom stereocenters. The summed E-state index contributed by atoms with van der Waals surface area (Å²) in [6, 6.07) is 0.0477. The van der Waals surface area contributed by atoms with Crippen molar-refractivity contribution in [2.45, 2.75) is 58.3 Å². The van der Waals surface area contributed by atoms with Gasteiger partial charge in [-0.1, -0.05) is 32.3 Å². The topological polar surface area (TPSA) is 71.3 Å². The van der Waals surface area contributed by atoms with Crippen LogP contribution in [-0.4, -0.2) is 40.7 Å². The second-order valence-corrected chi connectivity index (χ2v) is 7.47. The smallest absolute Gasteiger partial charge is 0.317 e. The molecule has 1 aromatic heterocycles. The Kier molecular flexibility index (Phi) is 4.60. The van der Waals surface area contributed by atoms with Gasteiger partial charge in [-0.2, -0.15) is 4.98 Å². The Morgan fingerprint density at radius 3 is 3.09 bits per heavy atom. The highest BCUT2D eigenvalue weighted by molar-refractivity contribution is 5.74. The normalized spacial score (nSPS) is 26.8. The lowest BCUT2D eigenvalue weighted by Gasteiger charge is -2.24. The number of likely N-dealkylation sites (tertiary alicyclic amines) is 1. The fourth-order valence-electron chi connectivity index (χ4n) is 4.04. The molecular formula is C17H28N4O2. The average Bonchev–Trinajstić information content (AvgIpc) is 3.17. The third-order valence-corrected chi connectivity index (χ3v) is 5.18. The van der Waals surface area contributed by atoms with Crippen molar-refractivity contribution in [2.75, 3.05) is 19.6 Å². The van der Waals surface area contributed by atoms with Gasteiger partial charge in [-0.25, -0.2) is 4.79 Å². The molecule has 2 atom stereocenters. The predicted molar refractivity (Wildman–Crippen MR) is 87.1 cm³/mol. The maximum absolute atomic E-state index is 12.3. The molecular weight excluding hydrogens is 292 g/mol. The third kappa shape index (κ3) is 3.08. The van der Waals surface area contributed by atoms with Gasteiger partial charge in [-0.3, -0.25) is 0 Å². The van der Waals surface area contributed by atoms with Crippen LogP contribution in [0.2, 0.25) is 0 Å². The molecule has 0 radical (unpaired) electrons. The number of nitrogens with zero attached hydrogens (tertiary/aromatic N) is 3. The van der Waals surface area contributed by atoms with E-state index in [0.29, 0.717) is 18.4 Å². The summed E-state index contributed by atoms with van der Waals surface area (Å²) in [5, 5.41) is 7.28. The fraction of sp³-hybridized carbons (Fsp3) is 0.824. The number of nitrogens with one attached hydrogen (secondary N) is 1. The van der Waals surface area contributed by atoms with Crippen molar-refractivity contribution in [2.24, 2.45) is 11.8 Å². The van der Waals surface area contributed by atoms with Crippen LogP contribution in [-0.2, 0) is 11.8 Å². The minimum Gasteiger partial charge on any atom is -0.339 e. The van der Waals surface area contributed by atoms with Crippen LogP contribution in [0.4, 0.5) is 4.79 Å². The van der Waals surface area contributed by atoms with Gasteiger partial charge >= 0.3 is 6.03 Å². The highest BCUT2D eigenvalue weighted by Gasteiger charge is 2.54. The summed E-state index contributed by atoms with van der Waals surface area (Å²) in [6.07, 6.45) is 5.15. The Balaban J connectivity index is 1.76. The van der Waals surface area contributed by atoms with E-state index < -0.39 is 0 Å². The van der Waals surface area contributed by atoms with Crippen LogP contribution < -0.4 is 5.32 Å². The maximum Gasteiger partial charge on any atom is 0.317 e. The molecule has 3 rings (SSSR count). The Morgan fingerprint density at radius 1 is 1.52 bits per heavy atom. The van der Waals surface area contributed by atoms with Crippen LogP contribution in [0.5, 0.6) is 0 Å². The summed E-state index contributed by atoms with van der Waals surface area (Å²) < 4.78 is 5.47. The molecule has 6 heteroatoms. The molecule has 2 heterocycles. The first kappa shape index (κ1) is 16.3. The number of carbonyl (C=O) groups excluding carboxylic acids is 1. The van der Waals surface area contributed by atoms with Gasteiger partial charge in [0.05, 0.1) is 5.41 Å². The van der Waals surface area contributed by atoms with Crippen molar-refractivity contribution in [1.82, 2.24) is 20.4 Å². The molecule has 0 bridgehead atoms. The highest BCUT2D eigenvalue weighted by Crippen LogP contribution is 2.49. The molecule has 2 fully saturated rings. The molecule has 1 N–H and O–H groups in total. The van der Waals surface area contributed by atoms with Gasteiger partial charge in [-0.15, -0.1) is 0 Å². The van der Waals surface area contributed by atoms with Crippen molar-refractivity contribution < 1.29 is 9.32 Å². The van der Waals surface area contributed by atoms with E-state index >= 15 is 0 Å². The SMILES string of the molecule is CCCNC(=O)N1C[C@H]2CCC[C@@]2(c2noc(CC(C)C)n2)C1. The molecule has 1 saturated heterocycles. The fourth-order valence-corrected chi connectivity index (χ4v) is 4.04. The van der Waals surface area contributed by atoms with E-state index in [0.717, 1.165) is 50.5 Å². The molecule has 6 nitrogen and oxygen atoms in total. The minimum absolute atomic E-state index is 0.0477. The molecule has 23 heavy (non-hydrogen) atoms. The Hall–Kier alpha value is -1.59. The molecule has 2 amide bonds. The van der Waals surface area contributed by atoms with Crippen molar-refractivity contribution in [3.63, 3.8) is 0 Å². The van der Waals surface area contributed by atoms with Crippen molar-refractivity contribution in [3.8, 4) is 0 Å². The van der Waals surface area contributed by atoms with E-state index in [-0.39, 0.29) is 11.4 Å². The van der Waals surface area contributed by atoms with Crippen LogP contribution in [0.15, 0.2) is 4.52 Å². The summed E-state index contributed by atoms with van der Waals surface area (Å²) in [5.41, 5.74) is -0.0950. The molecule has 0 aromatic carbocycles. The second-order valence-electron chi connectivity index (χ2n) is 7.47. The zero-order chi connectivity index (χ0) is 16.4. The number of amides is 2. The zero-order valence-corrected chi connectivity index (χ0v) is 14.5. The number of rotatable bonds is 5. The molecule has 2 aliphatic rings. The third-order valence-electron chi connectivity index (χ3n) is 5.18. The van der Waals surface area contributed by atoms with Crippen molar-refractivity contribution in [3.05, 3.63) is 11.7 Å². The first-order valence-electron chi connectivity index (χ1n) is 8.91. The summed E-state index contributed by atoms with van der Waals surface area (Å²) in [5.74, 6) is 2.50. The monoisotopic (exact) mass is 320 g/mol. The summed E-state index contributed by atoms with van der Waals surface area (Å²) in [4.78, 5) is 18.9. The first-order chi connectivity index (χ1) is 11.0. The van der Waals surface area contributed by atoms with Crippen LogP contribution in [0, 0.1) is 11.8 Å². The average molecular weight is 320 g/mol. The number of hydrogen-bond acceptors (Lipinski definition) is 4. The van der Waals surface area contributed by atoms with Crippen molar-refractivity contribution >= 4 is 6.03 Å². The standard InChI is InChI=1S/C17H28N4O2/c1-4-8-18-16(22)21-10-13-6-5-7-17(13,11-21)15-19-14(23-20-15)9-12(2)3/h12-13H,4-11H2,1-3H3,(H,18,22)/t13-,17-/m1/s1. The van der Waals surface area contributed by atoms with Gasteiger partial charge in [0.1, 0.15) is 0 Å². The van der Waals surface area contributed by atoms with Gasteiger partial charge in [0.2, 0.25) is 5.89 Å². The molecule has 1 aromatic rings. The van der Waals surface area contributed by atoms with Crippen LogP contribution in [0.25, 0.3) is 0 Å². The summed E-state index contributed by atoms with van der Waals surface area (Å²) in [7, 11) is 0. The van der Waals surface area contributed by atoms with Gasteiger partial charge in [0, 0.05) is 26.1 Å². The Labute approximate surface area is 138 Å². The van der Waals surface area contributed by atoms with Gasteiger partial charge in [0.15, 0.2) is 5.82 Å². The molecule has 1 aliphatic carbocycles. The number of hydrogen-bond donors (Lipinski definition) is 1. The van der Waals surface area contributed by atoms with E-state index in [4.69, 9.17) is 4.52 Å². The number of fused-ring (bicyclic) bond motifs is 1. The quantitative estimate of drug-likeness (QED) is 0.905. The number of carbonyl (C=O) groups is 1.